The van der Waals surface area contributed by atoms with Gasteiger partial charge in [0.1, 0.15) is 6.10 Å². The molecule has 0 saturated carbocycles. The molecule has 1 unspecified atom stereocenters. The second-order valence-electron chi connectivity index (χ2n) is 6.36. The summed E-state index contributed by atoms with van der Waals surface area (Å²) in [5.74, 6) is 0. The Morgan fingerprint density at radius 2 is 1.55 bits per heavy atom. The third-order valence-electron chi connectivity index (χ3n) is 4.35. The minimum absolute atomic E-state index is 0.219. The summed E-state index contributed by atoms with van der Waals surface area (Å²) in [7, 11) is 0. The Bertz CT molecular complexity index is 870. The van der Waals surface area contributed by atoms with E-state index in [4.69, 9.17) is 9.84 Å². The highest BCUT2D eigenvalue weighted by Gasteiger charge is 2.30. The van der Waals surface area contributed by atoms with Crippen LogP contribution in [0.2, 0.25) is 0 Å². The number of carbonyl (C=O) groups excluding carboxylic acids is 1. The van der Waals surface area contributed by atoms with Gasteiger partial charge >= 0.3 is 18.3 Å². The number of amides is 3. The minimum atomic E-state index is -4.44. The van der Waals surface area contributed by atoms with Crippen LogP contribution in [0, 0.1) is 0 Å². The molecule has 3 N–H and O–H groups in total. The van der Waals surface area contributed by atoms with E-state index in [0.29, 0.717) is 18.8 Å². The van der Waals surface area contributed by atoms with Gasteiger partial charge in [0.05, 0.1) is 18.7 Å². The molecule has 0 aromatic heterocycles. The van der Waals surface area contributed by atoms with Gasteiger partial charge in [0.15, 0.2) is 0 Å². The number of rotatable bonds is 3. The van der Waals surface area contributed by atoms with Crippen LogP contribution in [-0.4, -0.2) is 41.8 Å². The summed E-state index contributed by atoms with van der Waals surface area (Å²) in [6.07, 6.45) is -5.84. The highest BCUT2D eigenvalue weighted by molar-refractivity contribution is 5.99. The monoisotopic (exact) mass is 409 g/mol. The largest absolute Gasteiger partial charge is 0.465 e. The lowest BCUT2D eigenvalue weighted by atomic mass is 10.1. The molecule has 2 aromatic carbocycles. The van der Waals surface area contributed by atoms with E-state index < -0.39 is 30.0 Å². The van der Waals surface area contributed by atoms with Gasteiger partial charge in [0, 0.05) is 17.9 Å². The maximum Gasteiger partial charge on any atom is 0.416 e. The maximum absolute atomic E-state index is 12.6. The van der Waals surface area contributed by atoms with Crippen LogP contribution in [0.25, 0.3) is 0 Å². The summed E-state index contributed by atoms with van der Waals surface area (Å²) >= 11 is 0. The fourth-order valence-corrected chi connectivity index (χ4v) is 2.84. The smallest absolute Gasteiger partial charge is 0.416 e. The number of urea groups is 1. The van der Waals surface area contributed by atoms with Crippen LogP contribution in [0.4, 0.5) is 34.1 Å². The number of halogens is 3. The van der Waals surface area contributed by atoms with E-state index >= 15 is 0 Å². The lowest BCUT2D eigenvalue weighted by Crippen LogP contribution is -2.41. The molecule has 1 saturated heterocycles. The molecule has 10 heteroatoms. The van der Waals surface area contributed by atoms with Crippen molar-refractivity contribution < 1.29 is 32.6 Å². The van der Waals surface area contributed by atoms with E-state index in [0.717, 1.165) is 17.7 Å². The molecule has 0 spiro atoms. The van der Waals surface area contributed by atoms with Crippen molar-refractivity contribution in [2.24, 2.45) is 0 Å². The van der Waals surface area contributed by atoms with E-state index in [1.807, 2.05) is 0 Å². The van der Waals surface area contributed by atoms with E-state index in [-0.39, 0.29) is 12.2 Å². The number of nitrogens with zero attached hydrogens (tertiary/aromatic N) is 1. The Morgan fingerprint density at radius 1 is 1.00 bits per heavy atom. The van der Waals surface area contributed by atoms with Gasteiger partial charge in [-0.2, -0.15) is 13.2 Å². The van der Waals surface area contributed by atoms with Crippen molar-refractivity contribution in [1.29, 1.82) is 0 Å². The first-order valence-corrected chi connectivity index (χ1v) is 8.67. The van der Waals surface area contributed by atoms with Crippen molar-refractivity contribution in [1.82, 2.24) is 4.90 Å². The number of morpholine rings is 1. The molecule has 0 aliphatic carbocycles. The number of carboxylic acid groups (broad SMARTS) is 1. The van der Waals surface area contributed by atoms with E-state index in [1.165, 1.54) is 17.0 Å². The van der Waals surface area contributed by atoms with Crippen LogP contribution < -0.4 is 10.6 Å². The number of hydrogen-bond donors (Lipinski definition) is 3. The first kappa shape index (κ1) is 20.5. The molecule has 1 atom stereocenters. The zero-order chi connectivity index (χ0) is 21.0. The van der Waals surface area contributed by atoms with Gasteiger partial charge in [-0.05, 0) is 42.0 Å². The van der Waals surface area contributed by atoms with Gasteiger partial charge in [-0.15, -0.1) is 0 Å². The molecule has 3 rings (SSSR count). The second-order valence-corrected chi connectivity index (χ2v) is 6.36. The average Bonchev–Trinajstić information content (AvgIpc) is 2.68. The molecule has 29 heavy (non-hydrogen) atoms. The third-order valence-corrected chi connectivity index (χ3v) is 4.35. The standard InChI is InChI=1S/C19H18F3N3O4/c20-19(21,22)13-3-7-15(8-4-13)24-17(26)23-14-5-1-12(2-6-14)16-11-25(18(27)28)9-10-29-16/h1-8,16H,9-11H2,(H,27,28)(H2,23,24,26). The highest BCUT2D eigenvalue weighted by Crippen LogP contribution is 2.30. The quantitative estimate of drug-likeness (QED) is 0.701. The van der Waals surface area contributed by atoms with Crippen LogP contribution in [-0.2, 0) is 10.9 Å². The van der Waals surface area contributed by atoms with Gasteiger partial charge in [-0.25, -0.2) is 9.59 Å². The number of ether oxygens (including phenoxy) is 1. The Hall–Kier alpha value is -3.27. The van der Waals surface area contributed by atoms with Gasteiger partial charge in [0.25, 0.3) is 0 Å². The molecule has 7 nitrogen and oxygen atoms in total. The molecule has 0 radical (unpaired) electrons. The first-order valence-electron chi connectivity index (χ1n) is 8.67. The molecular weight excluding hydrogens is 391 g/mol. The molecule has 1 fully saturated rings. The molecule has 3 amide bonds. The second kappa shape index (κ2) is 8.39. The molecular formula is C19H18F3N3O4. The van der Waals surface area contributed by atoms with Gasteiger partial charge in [-0.1, -0.05) is 12.1 Å². The Kier molecular flexibility index (Phi) is 5.92. The summed E-state index contributed by atoms with van der Waals surface area (Å²) in [6.45, 7) is 0.832. The average molecular weight is 409 g/mol. The predicted molar refractivity (Wildman–Crippen MR) is 98.8 cm³/mol. The van der Waals surface area contributed by atoms with Crippen molar-refractivity contribution in [3.63, 3.8) is 0 Å². The topological polar surface area (TPSA) is 90.9 Å². The summed E-state index contributed by atoms with van der Waals surface area (Å²) in [5.41, 5.74) is 0.649. The number of alkyl halides is 3. The Morgan fingerprint density at radius 3 is 2.07 bits per heavy atom. The lowest BCUT2D eigenvalue weighted by Gasteiger charge is -2.31. The molecule has 154 valence electrons. The molecule has 1 heterocycles. The molecule has 1 aliphatic heterocycles. The third kappa shape index (κ3) is 5.38. The molecule has 0 bridgehead atoms. The normalized spacial score (nSPS) is 16.9. The number of anilines is 2. The Balaban J connectivity index is 1.56. The van der Waals surface area contributed by atoms with Gasteiger partial charge in [-0.3, -0.25) is 0 Å². The number of benzene rings is 2. The fraction of sp³-hybridized carbons (Fsp3) is 0.263. The van der Waals surface area contributed by atoms with Gasteiger partial charge in [0.2, 0.25) is 0 Å². The van der Waals surface area contributed by atoms with Crippen molar-refractivity contribution in [2.45, 2.75) is 12.3 Å². The van der Waals surface area contributed by atoms with E-state index in [1.54, 1.807) is 24.3 Å². The van der Waals surface area contributed by atoms with Crippen LogP contribution in [0.15, 0.2) is 48.5 Å². The van der Waals surface area contributed by atoms with Crippen LogP contribution in [0.3, 0.4) is 0 Å². The van der Waals surface area contributed by atoms with E-state index in [2.05, 4.69) is 10.6 Å². The lowest BCUT2D eigenvalue weighted by molar-refractivity contribution is -0.137. The zero-order valence-electron chi connectivity index (χ0n) is 15.1. The summed E-state index contributed by atoms with van der Waals surface area (Å²) < 4.78 is 43.3. The maximum atomic E-state index is 12.6. The van der Waals surface area contributed by atoms with Crippen LogP contribution in [0.1, 0.15) is 17.2 Å². The number of hydrogen-bond acceptors (Lipinski definition) is 3. The summed E-state index contributed by atoms with van der Waals surface area (Å²) in [4.78, 5) is 24.4. The summed E-state index contributed by atoms with van der Waals surface area (Å²) in [5, 5.41) is 14.1. The zero-order valence-corrected chi connectivity index (χ0v) is 15.1. The number of carbonyl (C=O) groups is 2. The highest BCUT2D eigenvalue weighted by atomic mass is 19.4. The van der Waals surface area contributed by atoms with Crippen molar-refractivity contribution in [3.8, 4) is 0 Å². The van der Waals surface area contributed by atoms with Crippen molar-refractivity contribution in [2.75, 3.05) is 30.3 Å². The first-order chi connectivity index (χ1) is 13.7. The van der Waals surface area contributed by atoms with Crippen LogP contribution in [0.5, 0.6) is 0 Å². The Labute approximate surface area is 164 Å². The SMILES string of the molecule is O=C(Nc1ccc(C2CN(C(=O)O)CCO2)cc1)Nc1ccc(C(F)(F)F)cc1. The van der Waals surface area contributed by atoms with Crippen molar-refractivity contribution in [3.05, 3.63) is 59.7 Å². The van der Waals surface area contributed by atoms with Crippen molar-refractivity contribution >= 4 is 23.5 Å². The summed E-state index contributed by atoms with van der Waals surface area (Å²) in [6, 6.07) is 10.2. The molecule has 2 aromatic rings. The van der Waals surface area contributed by atoms with E-state index in [9.17, 15) is 22.8 Å². The van der Waals surface area contributed by atoms with Gasteiger partial charge < -0.3 is 25.4 Å². The predicted octanol–water partition coefficient (Wildman–Crippen LogP) is 4.40. The fourth-order valence-electron chi connectivity index (χ4n) is 2.84. The van der Waals surface area contributed by atoms with Crippen LogP contribution >= 0.6 is 0 Å². The minimum Gasteiger partial charge on any atom is -0.465 e. The number of nitrogens with one attached hydrogen (secondary N) is 2. The molecule has 1 aliphatic rings.